The molecule has 0 amide bonds. The lowest BCUT2D eigenvalue weighted by Gasteiger charge is -2.00. The van der Waals surface area contributed by atoms with Gasteiger partial charge in [0.1, 0.15) is 5.52 Å². The minimum Gasteiger partial charge on any atom is -0.443 e. The fourth-order valence-electron chi connectivity index (χ4n) is 1.52. The van der Waals surface area contributed by atoms with Crippen molar-refractivity contribution in [2.75, 3.05) is 0 Å². The quantitative estimate of drug-likeness (QED) is 0.734. The van der Waals surface area contributed by atoms with Crippen LogP contribution in [0.3, 0.4) is 0 Å². The summed E-state index contributed by atoms with van der Waals surface area (Å²) in [6.45, 7) is 5.12. The normalized spacial score (nSPS) is 13.1. The van der Waals surface area contributed by atoms with E-state index in [0.29, 0.717) is 0 Å². The van der Waals surface area contributed by atoms with Gasteiger partial charge in [-0.2, -0.15) is 0 Å². The Balaban J connectivity index is 2.46. The van der Waals surface area contributed by atoms with E-state index in [0.717, 1.165) is 22.2 Å². The first kappa shape index (κ1) is 11.3. The number of halogens is 1. The number of aromatic nitrogens is 1. The third-order valence-electron chi connectivity index (χ3n) is 2.38. The Bertz CT molecular complexity index is 603. The van der Waals surface area contributed by atoms with E-state index in [4.69, 9.17) is 4.42 Å². The van der Waals surface area contributed by atoms with Crippen molar-refractivity contribution in [2.45, 2.75) is 6.92 Å². The molecule has 0 saturated carbocycles. The standard InChI is InChI=1S/C14H12FNO/c1-3-11(5-4-10(2)15)12-6-7-14-13(8-12)16-9-17-14/h3-9H,1H2,2H3/b10-4+,11-5+. The molecular weight excluding hydrogens is 217 g/mol. The zero-order valence-electron chi connectivity index (χ0n) is 9.48. The van der Waals surface area contributed by atoms with Crippen LogP contribution >= 0.6 is 0 Å². The maximum absolute atomic E-state index is 12.7. The summed E-state index contributed by atoms with van der Waals surface area (Å²) in [5.41, 5.74) is 3.27. The summed E-state index contributed by atoms with van der Waals surface area (Å²) >= 11 is 0. The number of oxazole rings is 1. The molecule has 0 fully saturated rings. The second-order valence-corrected chi connectivity index (χ2v) is 3.61. The van der Waals surface area contributed by atoms with Gasteiger partial charge in [0.25, 0.3) is 0 Å². The van der Waals surface area contributed by atoms with Crippen molar-refractivity contribution in [2.24, 2.45) is 0 Å². The highest BCUT2D eigenvalue weighted by Crippen LogP contribution is 2.21. The van der Waals surface area contributed by atoms with Crippen molar-refractivity contribution in [3.8, 4) is 0 Å². The Labute approximate surface area is 98.8 Å². The van der Waals surface area contributed by atoms with Gasteiger partial charge >= 0.3 is 0 Å². The monoisotopic (exact) mass is 229 g/mol. The first-order chi connectivity index (χ1) is 8.20. The average molecular weight is 229 g/mol. The second-order valence-electron chi connectivity index (χ2n) is 3.61. The van der Waals surface area contributed by atoms with Crippen LogP contribution in [0.15, 0.2) is 59.6 Å². The Morgan fingerprint density at radius 3 is 2.94 bits per heavy atom. The Morgan fingerprint density at radius 2 is 2.24 bits per heavy atom. The fourth-order valence-corrected chi connectivity index (χ4v) is 1.52. The highest BCUT2D eigenvalue weighted by Gasteiger charge is 2.02. The summed E-state index contributed by atoms with van der Waals surface area (Å²) in [5.74, 6) is -0.244. The van der Waals surface area contributed by atoms with Crippen LogP contribution in [-0.2, 0) is 0 Å². The molecule has 0 aliphatic carbocycles. The van der Waals surface area contributed by atoms with E-state index in [9.17, 15) is 4.39 Å². The second kappa shape index (κ2) is 4.78. The van der Waals surface area contributed by atoms with Crippen molar-refractivity contribution in [3.05, 3.63) is 60.8 Å². The zero-order chi connectivity index (χ0) is 12.3. The Morgan fingerprint density at radius 1 is 1.41 bits per heavy atom. The van der Waals surface area contributed by atoms with Crippen LogP contribution in [0.25, 0.3) is 16.7 Å². The molecule has 0 bridgehead atoms. The van der Waals surface area contributed by atoms with Crippen LogP contribution in [0.2, 0.25) is 0 Å². The van der Waals surface area contributed by atoms with Gasteiger partial charge < -0.3 is 4.42 Å². The number of hydrogen-bond donors (Lipinski definition) is 0. The molecule has 0 N–H and O–H groups in total. The van der Waals surface area contributed by atoms with E-state index in [-0.39, 0.29) is 5.83 Å². The number of benzene rings is 1. The van der Waals surface area contributed by atoms with Gasteiger partial charge in [-0.25, -0.2) is 9.37 Å². The van der Waals surface area contributed by atoms with Crippen molar-refractivity contribution < 1.29 is 8.81 Å². The molecular formula is C14H12FNO. The van der Waals surface area contributed by atoms with Crippen molar-refractivity contribution in [1.29, 1.82) is 0 Å². The molecule has 2 rings (SSSR count). The van der Waals surface area contributed by atoms with Crippen LogP contribution in [0.4, 0.5) is 4.39 Å². The summed E-state index contributed by atoms with van der Waals surface area (Å²) in [6.07, 6.45) is 6.17. The summed E-state index contributed by atoms with van der Waals surface area (Å²) in [6, 6.07) is 5.61. The van der Waals surface area contributed by atoms with Crippen LogP contribution in [0.1, 0.15) is 12.5 Å². The molecule has 1 heterocycles. The maximum Gasteiger partial charge on any atom is 0.181 e. The van der Waals surface area contributed by atoms with Gasteiger partial charge in [-0.15, -0.1) is 0 Å². The number of hydrogen-bond acceptors (Lipinski definition) is 2. The predicted octanol–water partition coefficient (Wildman–Crippen LogP) is 4.27. The summed E-state index contributed by atoms with van der Waals surface area (Å²) in [7, 11) is 0. The number of fused-ring (bicyclic) bond motifs is 1. The van der Waals surface area contributed by atoms with E-state index in [2.05, 4.69) is 11.6 Å². The third-order valence-corrected chi connectivity index (χ3v) is 2.38. The molecule has 2 aromatic rings. The van der Waals surface area contributed by atoms with Gasteiger partial charge in [-0.05, 0) is 36.3 Å². The minimum atomic E-state index is -0.244. The molecule has 0 saturated heterocycles. The van der Waals surface area contributed by atoms with E-state index >= 15 is 0 Å². The molecule has 0 atom stereocenters. The van der Waals surface area contributed by atoms with Crippen LogP contribution < -0.4 is 0 Å². The van der Waals surface area contributed by atoms with Crippen LogP contribution in [-0.4, -0.2) is 4.98 Å². The van der Waals surface area contributed by atoms with Crippen LogP contribution in [0.5, 0.6) is 0 Å². The Hall–Kier alpha value is -2.16. The average Bonchev–Trinajstić information content (AvgIpc) is 2.76. The third kappa shape index (κ3) is 2.50. The van der Waals surface area contributed by atoms with Crippen molar-refractivity contribution in [3.63, 3.8) is 0 Å². The molecule has 0 aliphatic heterocycles. The lowest BCUT2D eigenvalue weighted by atomic mass is 10.0. The van der Waals surface area contributed by atoms with E-state index in [1.165, 1.54) is 19.4 Å². The summed E-state index contributed by atoms with van der Waals surface area (Å²) < 4.78 is 17.8. The van der Waals surface area contributed by atoms with Gasteiger partial charge in [-0.3, -0.25) is 0 Å². The molecule has 0 aliphatic rings. The van der Waals surface area contributed by atoms with Gasteiger partial charge in [-0.1, -0.05) is 24.8 Å². The molecule has 3 heteroatoms. The van der Waals surface area contributed by atoms with Crippen molar-refractivity contribution >= 4 is 16.7 Å². The largest absolute Gasteiger partial charge is 0.443 e. The molecule has 86 valence electrons. The zero-order valence-corrected chi connectivity index (χ0v) is 9.48. The smallest absolute Gasteiger partial charge is 0.181 e. The fraction of sp³-hybridized carbons (Fsp3) is 0.0714. The van der Waals surface area contributed by atoms with E-state index in [1.54, 1.807) is 12.2 Å². The summed E-state index contributed by atoms with van der Waals surface area (Å²) in [5, 5.41) is 0. The molecule has 0 radical (unpaired) electrons. The summed E-state index contributed by atoms with van der Waals surface area (Å²) in [4.78, 5) is 4.07. The number of rotatable bonds is 3. The van der Waals surface area contributed by atoms with Gasteiger partial charge in [0.05, 0.1) is 5.83 Å². The minimum absolute atomic E-state index is 0.244. The molecule has 0 spiro atoms. The van der Waals surface area contributed by atoms with Gasteiger partial charge in [0, 0.05) is 0 Å². The van der Waals surface area contributed by atoms with E-state index in [1.807, 2.05) is 18.2 Å². The highest BCUT2D eigenvalue weighted by molar-refractivity contribution is 5.82. The SMILES string of the molecule is C=C/C(=C\C=C(/C)F)c1ccc2ocnc2c1. The van der Waals surface area contributed by atoms with Gasteiger partial charge in [0.2, 0.25) is 0 Å². The number of nitrogens with zero attached hydrogens (tertiary/aromatic N) is 1. The lowest BCUT2D eigenvalue weighted by Crippen LogP contribution is -1.80. The maximum atomic E-state index is 12.7. The van der Waals surface area contributed by atoms with E-state index < -0.39 is 0 Å². The first-order valence-corrected chi connectivity index (χ1v) is 5.21. The topological polar surface area (TPSA) is 26.0 Å². The molecule has 0 unspecified atom stereocenters. The molecule has 17 heavy (non-hydrogen) atoms. The lowest BCUT2D eigenvalue weighted by molar-refractivity contribution is 0.602. The predicted molar refractivity (Wildman–Crippen MR) is 67.0 cm³/mol. The molecule has 2 nitrogen and oxygen atoms in total. The first-order valence-electron chi connectivity index (χ1n) is 5.21. The Kier molecular flexibility index (Phi) is 3.19. The van der Waals surface area contributed by atoms with Crippen molar-refractivity contribution in [1.82, 2.24) is 4.98 Å². The molecule has 1 aromatic carbocycles. The highest BCUT2D eigenvalue weighted by atomic mass is 19.1. The van der Waals surface area contributed by atoms with Crippen LogP contribution in [0, 0.1) is 0 Å². The molecule has 1 aromatic heterocycles. The number of allylic oxidation sites excluding steroid dienone is 5. The van der Waals surface area contributed by atoms with Gasteiger partial charge in [0.15, 0.2) is 12.0 Å².